The Balaban J connectivity index is 2.35. The summed E-state index contributed by atoms with van der Waals surface area (Å²) < 4.78 is 0. The molecule has 0 spiro atoms. The van der Waals surface area contributed by atoms with Gasteiger partial charge in [-0.2, -0.15) is 0 Å². The van der Waals surface area contributed by atoms with Gasteiger partial charge in [0.05, 0.1) is 0 Å². The lowest BCUT2D eigenvalue weighted by Gasteiger charge is -2.17. The first kappa shape index (κ1) is 12.3. The average Bonchev–Trinajstić information content (AvgIpc) is 2.75. The number of hydrogen-bond acceptors (Lipinski definition) is 5. The molecule has 1 unspecified atom stereocenters. The van der Waals surface area contributed by atoms with Gasteiger partial charge < -0.3 is 5.11 Å². The third-order valence-corrected chi connectivity index (χ3v) is 2.53. The monoisotopic (exact) mass is 246 g/mol. The fourth-order valence-electron chi connectivity index (χ4n) is 1.79. The molecule has 0 radical (unpaired) electrons. The van der Waals surface area contributed by atoms with Crippen molar-refractivity contribution in [3.8, 4) is 0 Å². The maximum atomic E-state index is 11.4. The van der Waals surface area contributed by atoms with Gasteiger partial charge in [-0.1, -0.05) is 19.9 Å². The molecule has 0 saturated heterocycles. The van der Waals surface area contributed by atoms with Crippen LogP contribution in [0.1, 0.15) is 26.0 Å². The maximum absolute atomic E-state index is 11.4. The summed E-state index contributed by atoms with van der Waals surface area (Å²) in [4.78, 5) is 19.6. The number of carbonyl (C=O) groups is 1. The highest BCUT2D eigenvalue weighted by Gasteiger charge is 2.43. The van der Waals surface area contributed by atoms with Crippen LogP contribution < -0.4 is 0 Å². The molecule has 1 atom stereocenters. The summed E-state index contributed by atoms with van der Waals surface area (Å²) in [7, 11) is 0. The number of aliphatic carboxylic acids is 1. The van der Waals surface area contributed by atoms with Gasteiger partial charge in [0.1, 0.15) is 5.69 Å². The Hall–Kier alpha value is -2.11. The molecule has 18 heavy (non-hydrogen) atoms. The lowest BCUT2D eigenvalue weighted by Crippen LogP contribution is -2.34. The van der Waals surface area contributed by atoms with Crippen LogP contribution in [0.2, 0.25) is 0 Å². The number of hydrogen-bond donors (Lipinski definition) is 1. The van der Waals surface area contributed by atoms with Crippen molar-refractivity contribution in [1.82, 2.24) is 4.98 Å². The summed E-state index contributed by atoms with van der Waals surface area (Å²) in [6, 6.07) is 5.30. The number of aromatic nitrogens is 1. The summed E-state index contributed by atoms with van der Waals surface area (Å²) in [5, 5.41) is 17.0. The first-order valence-corrected chi connectivity index (χ1v) is 5.71. The highest BCUT2D eigenvalue weighted by Crippen LogP contribution is 2.29. The first-order valence-electron chi connectivity index (χ1n) is 5.71. The minimum Gasteiger partial charge on any atom is -0.478 e. The van der Waals surface area contributed by atoms with E-state index >= 15 is 0 Å². The van der Waals surface area contributed by atoms with Crippen LogP contribution in [0, 0.1) is 5.92 Å². The number of azo groups is 1. The Bertz CT molecular complexity index is 510. The second kappa shape index (κ2) is 4.64. The smallest absolute Gasteiger partial charge is 0.356 e. The number of rotatable bonds is 4. The minimum atomic E-state index is -1.49. The van der Waals surface area contributed by atoms with Crippen molar-refractivity contribution in [1.29, 1.82) is 0 Å². The molecule has 94 valence electrons. The molecule has 1 aliphatic heterocycles. The number of pyridine rings is 1. The number of carboxylic acids is 1. The van der Waals surface area contributed by atoms with Gasteiger partial charge in [0.15, 0.2) is 5.84 Å². The molecule has 0 amide bonds. The average molecular weight is 246 g/mol. The van der Waals surface area contributed by atoms with Crippen molar-refractivity contribution in [2.45, 2.75) is 25.9 Å². The second-order valence-corrected chi connectivity index (χ2v) is 4.57. The molecule has 0 fully saturated rings. The topological polar surface area (TPSA) is 87.3 Å². The van der Waals surface area contributed by atoms with E-state index in [0.717, 1.165) is 0 Å². The summed E-state index contributed by atoms with van der Waals surface area (Å²) in [6.07, 6.45) is 1.93. The molecule has 2 heterocycles. The summed E-state index contributed by atoms with van der Waals surface area (Å²) in [6.45, 7) is 3.85. The molecular formula is C12H14N4O2. The molecule has 6 nitrogen and oxygen atoms in total. The molecule has 0 saturated carbocycles. The van der Waals surface area contributed by atoms with E-state index in [-0.39, 0.29) is 11.8 Å². The molecule has 1 N–H and O–H groups in total. The van der Waals surface area contributed by atoms with Crippen LogP contribution in [0.4, 0.5) is 0 Å². The fraction of sp³-hybridized carbons (Fsp3) is 0.417. The largest absolute Gasteiger partial charge is 0.478 e. The van der Waals surface area contributed by atoms with Crippen molar-refractivity contribution in [2.75, 3.05) is 0 Å². The molecule has 0 bridgehead atoms. The Morgan fingerprint density at radius 2 is 2.22 bits per heavy atom. The van der Waals surface area contributed by atoms with E-state index in [1.165, 1.54) is 0 Å². The quantitative estimate of drug-likeness (QED) is 0.882. The van der Waals surface area contributed by atoms with Crippen molar-refractivity contribution in [2.24, 2.45) is 21.1 Å². The Kier molecular flexibility index (Phi) is 3.18. The van der Waals surface area contributed by atoms with Crippen LogP contribution >= 0.6 is 0 Å². The molecular weight excluding hydrogens is 232 g/mol. The van der Waals surface area contributed by atoms with E-state index in [1.54, 1.807) is 24.4 Å². The fourth-order valence-corrected chi connectivity index (χ4v) is 1.79. The second-order valence-electron chi connectivity index (χ2n) is 4.57. The van der Waals surface area contributed by atoms with Crippen LogP contribution in [-0.2, 0) is 4.79 Å². The third-order valence-electron chi connectivity index (χ3n) is 2.53. The number of amidine groups is 1. The van der Waals surface area contributed by atoms with Gasteiger partial charge in [-0.15, -0.1) is 10.2 Å². The summed E-state index contributed by atoms with van der Waals surface area (Å²) in [5.74, 6) is -0.642. The van der Waals surface area contributed by atoms with Crippen LogP contribution in [0.15, 0.2) is 39.6 Å². The molecule has 1 aliphatic rings. The highest BCUT2D eigenvalue weighted by molar-refractivity contribution is 6.00. The van der Waals surface area contributed by atoms with Crippen LogP contribution in [0.3, 0.4) is 0 Å². The SMILES string of the molecule is CC(C)CC1(C(=O)O)N=NC(c2ccccn2)=N1. The molecule has 1 aromatic rings. The van der Waals surface area contributed by atoms with Gasteiger partial charge in [0.25, 0.3) is 5.66 Å². The number of nitrogens with zero attached hydrogens (tertiary/aromatic N) is 4. The standard InChI is InChI=1S/C12H14N4O2/c1-8(2)7-12(11(17)18)14-10(15-16-12)9-5-3-4-6-13-9/h3-6,8H,7H2,1-2H3,(H,17,18). The summed E-state index contributed by atoms with van der Waals surface area (Å²) >= 11 is 0. The Morgan fingerprint density at radius 1 is 1.44 bits per heavy atom. The van der Waals surface area contributed by atoms with Crippen molar-refractivity contribution < 1.29 is 9.90 Å². The third kappa shape index (κ3) is 2.27. The van der Waals surface area contributed by atoms with Crippen molar-refractivity contribution in [3.63, 3.8) is 0 Å². The van der Waals surface area contributed by atoms with E-state index in [1.807, 2.05) is 13.8 Å². The van der Waals surface area contributed by atoms with Gasteiger partial charge in [0, 0.05) is 12.6 Å². The van der Waals surface area contributed by atoms with Crippen molar-refractivity contribution in [3.05, 3.63) is 30.1 Å². The van der Waals surface area contributed by atoms with E-state index < -0.39 is 11.6 Å². The summed E-state index contributed by atoms with van der Waals surface area (Å²) in [5.41, 5.74) is -0.950. The lowest BCUT2D eigenvalue weighted by atomic mass is 9.99. The van der Waals surface area contributed by atoms with Gasteiger partial charge in [0.2, 0.25) is 0 Å². The Labute approximate surface area is 104 Å². The normalized spacial score (nSPS) is 22.3. The van der Waals surface area contributed by atoms with Crippen LogP contribution in [-0.4, -0.2) is 27.6 Å². The zero-order chi connectivity index (χ0) is 13.2. The van der Waals surface area contributed by atoms with Gasteiger partial charge in [-0.25, -0.2) is 9.79 Å². The predicted octanol–water partition coefficient (Wildman–Crippen LogP) is 2.12. The Morgan fingerprint density at radius 3 is 2.78 bits per heavy atom. The zero-order valence-corrected chi connectivity index (χ0v) is 10.2. The molecule has 0 aromatic carbocycles. The number of aliphatic imine (C=N–C) groups is 1. The maximum Gasteiger partial charge on any atom is 0.356 e. The van der Waals surface area contributed by atoms with E-state index in [0.29, 0.717) is 12.1 Å². The van der Waals surface area contributed by atoms with Gasteiger partial charge in [-0.3, -0.25) is 4.98 Å². The lowest BCUT2D eigenvalue weighted by molar-refractivity contribution is -0.143. The van der Waals surface area contributed by atoms with E-state index in [2.05, 4.69) is 20.2 Å². The van der Waals surface area contributed by atoms with Gasteiger partial charge >= 0.3 is 5.97 Å². The van der Waals surface area contributed by atoms with Gasteiger partial charge in [-0.05, 0) is 18.1 Å². The highest BCUT2D eigenvalue weighted by atomic mass is 16.4. The van der Waals surface area contributed by atoms with E-state index in [9.17, 15) is 9.90 Å². The van der Waals surface area contributed by atoms with E-state index in [4.69, 9.17) is 0 Å². The molecule has 2 rings (SSSR count). The van der Waals surface area contributed by atoms with Crippen LogP contribution in [0.5, 0.6) is 0 Å². The van der Waals surface area contributed by atoms with Crippen LogP contribution in [0.25, 0.3) is 0 Å². The predicted molar refractivity (Wildman–Crippen MR) is 65.5 cm³/mol. The first-order chi connectivity index (χ1) is 8.53. The van der Waals surface area contributed by atoms with Crippen molar-refractivity contribution >= 4 is 11.8 Å². The molecule has 6 heteroatoms. The number of carboxylic acid groups (broad SMARTS) is 1. The zero-order valence-electron chi connectivity index (χ0n) is 10.2. The molecule has 0 aliphatic carbocycles. The minimum absolute atomic E-state index is 0.159. The molecule has 1 aromatic heterocycles.